The number of nitrogens with zero attached hydrogens (tertiary/aromatic N) is 8. The Kier molecular flexibility index (Phi) is 5.35. The van der Waals surface area contributed by atoms with Crippen LogP contribution in [0, 0.1) is 0 Å². The van der Waals surface area contributed by atoms with Gasteiger partial charge in [0.25, 0.3) is 0 Å². The Morgan fingerprint density at radius 2 is 1.47 bits per heavy atom. The van der Waals surface area contributed by atoms with E-state index in [1.807, 2.05) is 47.0 Å². The second kappa shape index (κ2) is 8.93. The standard InChI is InChI=1S/C25H24N8O/c1-3-7-19(8-4-1)25-26-24(34-30-25)14-13-22-28-27-21-11-12-23(29-33(21)22)32-17-15-31(16-18-32)20-9-5-2-6-10-20/h1-12H,13-18H2. The summed E-state index contributed by atoms with van der Waals surface area (Å²) in [5.41, 5.74) is 2.93. The van der Waals surface area contributed by atoms with E-state index in [4.69, 9.17) is 9.62 Å². The minimum atomic E-state index is 0.572. The summed E-state index contributed by atoms with van der Waals surface area (Å²) in [5.74, 6) is 2.88. The number of hydrogen-bond donors (Lipinski definition) is 0. The zero-order valence-electron chi connectivity index (χ0n) is 18.7. The molecule has 3 aromatic heterocycles. The quantitative estimate of drug-likeness (QED) is 0.388. The molecule has 0 aliphatic carbocycles. The first-order valence-electron chi connectivity index (χ1n) is 11.5. The van der Waals surface area contributed by atoms with Gasteiger partial charge in [0, 0.05) is 50.3 Å². The van der Waals surface area contributed by atoms with Crippen molar-refractivity contribution in [1.29, 1.82) is 0 Å². The predicted molar refractivity (Wildman–Crippen MR) is 129 cm³/mol. The molecule has 0 spiro atoms. The monoisotopic (exact) mass is 452 g/mol. The largest absolute Gasteiger partial charge is 0.368 e. The van der Waals surface area contributed by atoms with E-state index in [2.05, 4.69) is 60.5 Å². The maximum atomic E-state index is 5.44. The van der Waals surface area contributed by atoms with Crippen molar-refractivity contribution in [3.63, 3.8) is 0 Å². The number of benzene rings is 2. The fourth-order valence-corrected chi connectivity index (χ4v) is 4.26. The highest BCUT2D eigenvalue weighted by molar-refractivity contribution is 5.53. The van der Waals surface area contributed by atoms with Crippen LogP contribution in [0.25, 0.3) is 17.0 Å². The lowest BCUT2D eigenvalue weighted by molar-refractivity contribution is 0.377. The third kappa shape index (κ3) is 4.07. The number of piperazine rings is 1. The highest BCUT2D eigenvalue weighted by Gasteiger charge is 2.20. The minimum absolute atomic E-state index is 0.572. The number of aromatic nitrogens is 6. The molecule has 0 radical (unpaired) electrons. The fraction of sp³-hybridized carbons (Fsp3) is 0.240. The Hall–Kier alpha value is -4.27. The van der Waals surface area contributed by atoms with Crippen LogP contribution < -0.4 is 9.80 Å². The zero-order valence-corrected chi connectivity index (χ0v) is 18.7. The summed E-state index contributed by atoms with van der Waals surface area (Å²) >= 11 is 0. The summed E-state index contributed by atoms with van der Waals surface area (Å²) in [6.45, 7) is 3.74. The van der Waals surface area contributed by atoms with Gasteiger partial charge in [-0.15, -0.1) is 15.3 Å². The van der Waals surface area contributed by atoms with E-state index in [9.17, 15) is 0 Å². The Bertz CT molecular complexity index is 1370. The smallest absolute Gasteiger partial charge is 0.227 e. The number of rotatable bonds is 6. The van der Waals surface area contributed by atoms with Gasteiger partial charge >= 0.3 is 0 Å². The number of aryl methyl sites for hydroxylation is 2. The number of para-hydroxylation sites is 1. The normalized spacial score (nSPS) is 14.1. The maximum Gasteiger partial charge on any atom is 0.227 e. The molecule has 1 aliphatic rings. The summed E-state index contributed by atoms with van der Waals surface area (Å²) in [6, 6.07) is 24.4. The molecule has 0 saturated carbocycles. The van der Waals surface area contributed by atoms with Gasteiger partial charge in [0.1, 0.15) is 5.82 Å². The van der Waals surface area contributed by atoms with Crippen molar-refractivity contribution >= 4 is 17.2 Å². The van der Waals surface area contributed by atoms with Crippen LogP contribution in [0.5, 0.6) is 0 Å². The topological polar surface area (TPSA) is 88.5 Å². The van der Waals surface area contributed by atoms with Crippen LogP contribution in [0.4, 0.5) is 11.5 Å². The van der Waals surface area contributed by atoms with E-state index in [-0.39, 0.29) is 0 Å². The first-order valence-corrected chi connectivity index (χ1v) is 11.5. The summed E-state index contributed by atoms with van der Waals surface area (Å²) in [6.07, 6.45) is 1.18. The Morgan fingerprint density at radius 1 is 0.735 bits per heavy atom. The van der Waals surface area contributed by atoms with E-state index in [1.54, 1.807) is 0 Å². The Labute approximate surface area is 196 Å². The molecule has 2 aromatic carbocycles. The van der Waals surface area contributed by atoms with E-state index in [1.165, 1.54) is 5.69 Å². The van der Waals surface area contributed by atoms with Gasteiger partial charge in [0.05, 0.1) is 0 Å². The van der Waals surface area contributed by atoms with Crippen molar-refractivity contribution in [3.05, 3.63) is 84.5 Å². The summed E-state index contributed by atoms with van der Waals surface area (Å²) < 4.78 is 7.27. The molecular weight excluding hydrogens is 428 g/mol. The summed E-state index contributed by atoms with van der Waals surface area (Å²) in [4.78, 5) is 9.24. The molecule has 0 bridgehead atoms. The lowest BCUT2D eigenvalue weighted by Crippen LogP contribution is -2.47. The van der Waals surface area contributed by atoms with Crippen LogP contribution in [0.3, 0.4) is 0 Å². The lowest BCUT2D eigenvalue weighted by Gasteiger charge is -2.36. The predicted octanol–water partition coefficient (Wildman–Crippen LogP) is 3.29. The molecule has 9 nitrogen and oxygen atoms in total. The van der Waals surface area contributed by atoms with Crippen molar-refractivity contribution in [1.82, 2.24) is 30.0 Å². The molecule has 0 unspecified atom stereocenters. The molecule has 5 aromatic rings. The molecule has 170 valence electrons. The van der Waals surface area contributed by atoms with Crippen LogP contribution in [0.1, 0.15) is 11.7 Å². The molecule has 0 N–H and O–H groups in total. The van der Waals surface area contributed by atoms with Crippen molar-refractivity contribution in [3.8, 4) is 11.4 Å². The second-order valence-corrected chi connectivity index (χ2v) is 8.27. The zero-order chi connectivity index (χ0) is 22.7. The van der Waals surface area contributed by atoms with Crippen molar-refractivity contribution in [2.45, 2.75) is 12.8 Å². The molecule has 0 amide bonds. The van der Waals surface area contributed by atoms with Gasteiger partial charge < -0.3 is 14.3 Å². The van der Waals surface area contributed by atoms with Gasteiger partial charge in [-0.1, -0.05) is 53.7 Å². The van der Waals surface area contributed by atoms with Crippen molar-refractivity contribution < 1.29 is 4.52 Å². The van der Waals surface area contributed by atoms with Gasteiger partial charge in [-0.2, -0.15) is 9.50 Å². The highest BCUT2D eigenvalue weighted by Crippen LogP contribution is 2.20. The SMILES string of the molecule is c1ccc(-c2noc(CCc3nnc4ccc(N5CCN(c6ccccc6)CC5)nn34)n2)cc1. The molecule has 1 aliphatic heterocycles. The lowest BCUT2D eigenvalue weighted by atomic mass is 10.2. The molecule has 1 fully saturated rings. The number of hydrogen-bond acceptors (Lipinski definition) is 8. The van der Waals surface area contributed by atoms with Gasteiger partial charge in [-0.05, 0) is 24.3 Å². The Morgan fingerprint density at radius 3 is 2.26 bits per heavy atom. The maximum absolute atomic E-state index is 5.44. The van der Waals surface area contributed by atoms with Gasteiger partial charge in [0.2, 0.25) is 11.7 Å². The fourth-order valence-electron chi connectivity index (χ4n) is 4.26. The summed E-state index contributed by atoms with van der Waals surface area (Å²) in [7, 11) is 0. The third-order valence-electron chi connectivity index (χ3n) is 6.10. The summed E-state index contributed by atoms with van der Waals surface area (Å²) in [5, 5.41) is 17.6. The van der Waals surface area contributed by atoms with Gasteiger partial charge in [0.15, 0.2) is 11.5 Å². The van der Waals surface area contributed by atoms with Crippen LogP contribution in [-0.2, 0) is 12.8 Å². The van der Waals surface area contributed by atoms with E-state index >= 15 is 0 Å². The van der Waals surface area contributed by atoms with E-state index < -0.39 is 0 Å². The van der Waals surface area contributed by atoms with Crippen LogP contribution in [-0.4, -0.2) is 56.1 Å². The first-order chi connectivity index (χ1) is 16.8. The molecule has 1 saturated heterocycles. The number of anilines is 2. The van der Waals surface area contributed by atoms with Gasteiger partial charge in [-0.3, -0.25) is 0 Å². The average molecular weight is 453 g/mol. The number of fused-ring (bicyclic) bond motifs is 1. The first kappa shape index (κ1) is 20.3. The van der Waals surface area contributed by atoms with Gasteiger partial charge in [-0.25, -0.2) is 0 Å². The minimum Gasteiger partial charge on any atom is -0.368 e. The van der Waals surface area contributed by atoms with Crippen molar-refractivity contribution in [2.24, 2.45) is 0 Å². The highest BCUT2D eigenvalue weighted by atomic mass is 16.5. The molecular formula is C25H24N8O. The third-order valence-corrected chi connectivity index (χ3v) is 6.10. The van der Waals surface area contributed by atoms with Crippen LogP contribution >= 0.6 is 0 Å². The molecule has 6 rings (SSSR count). The Balaban J connectivity index is 1.14. The molecule has 0 atom stereocenters. The van der Waals surface area contributed by atoms with Crippen molar-refractivity contribution in [2.75, 3.05) is 36.0 Å². The molecule has 4 heterocycles. The van der Waals surface area contributed by atoms with Crippen LogP contribution in [0.2, 0.25) is 0 Å². The van der Waals surface area contributed by atoms with E-state index in [0.29, 0.717) is 24.6 Å². The second-order valence-electron chi connectivity index (χ2n) is 8.27. The molecule has 9 heteroatoms. The molecule has 34 heavy (non-hydrogen) atoms. The van der Waals surface area contributed by atoms with Crippen LogP contribution in [0.15, 0.2) is 77.3 Å². The van der Waals surface area contributed by atoms with E-state index in [0.717, 1.165) is 49.0 Å². The average Bonchev–Trinajstić information content (AvgIpc) is 3.55.